The highest BCUT2D eigenvalue weighted by atomic mass is 32.2. The minimum atomic E-state index is -3.50. The van der Waals surface area contributed by atoms with Gasteiger partial charge in [-0.15, -0.1) is 0 Å². The van der Waals surface area contributed by atoms with E-state index in [2.05, 4.69) is 24.3 Å². The molecule has 154 valence electrons. The van der Waals surface area contributed by atoms with Crippen LogP contribution in [0.3, 0.4) is 0 Å². The van der Waals surface area contributed by atoms with Crippen molar-refractivity contribution in [3.05, 3.63) is 60.2 Å². The van der Waals surface area contributed by atoms with Crippen molar-refractivity contribution >= 4 is 21.6 Å². The highest BCUT2D eigenvalue weighted by Gasteiger charge is 2.37. The molecule has 0 aromatic heterocycles. The average molecular weight is 415 g/mol. The molecule has 2 aromatic carbocycles. The minimum absolute atomic E-state index is 0.0125. The summed E-state index contributed by atoms with van der Waals surface area (Å²) < 4.78 is 31.7. The molecular weight excluding hydrogens is 388 g/mol. The molecule has 0 spiro atoms. The van der Waals surface area contributed by atoms with Gasteiger partial charge in [0.05, 0.1) is 18.5 Å². The fourth-order valence-corrected chi connectivity index (χ4v) is 5.07. The molecule has 4 rings (SSSR count). The second kappa shape index (κ2) is 8.06. The van der Waals surface area contributed by atoms with Gasteiger partial charge in [-0.1, -0.05) is 42.5 Å². The number of amides is 1. The van der Waals surface area contributed by atoms with Crippen LogP contribution in [0.4, 0.5) is 5.69 Å². The molecule has 2 heterocycles. The maximum atomic E-state index is 13.1. The summed E-state index contributed by atoms with van der Waals surface area (Å²) in [4.78, 5) is 14.9. The summed E-state index contributed by atoms with van der Waals surface area (Å²) >= 11 is 0. The number of piperidine rings is 1. The van der Waals surface area contributed by atoms with E-state index in [9.17, 15) is 13.2 Å². The molecule has 0 radical (unpaired) electrons. The Bertz CT molecular complexity index is 969. The SMILES string of the molecule is CS(=O)(=O)N1C[C@H](C(=O)N2CCC(Cc3ccccc3)CC2)Oc2ccccc21. The first-order valence-electron chi connectivity index (χ1n) is 9.98. The third-order valence-electron chi connectivity index (χ3n) is 5.70. The van der Waals surface area contributed by atoms with Gasteiger partial charge in [-0.05, 0) is 42.9 Å². The Balaban J connectivity index is 1.41. The van der Waals surface area contributed by atoms with E-state index in [1.165, 1.54) is 9.87 Å². The van der Waals surface area contributed by atoms with Crippen molar-refractivity contribution in [3.63, 3.8) is 0 Å². The first-order chi connectivity index (χ1) is 13.9. The summed E-state index contributed by atoms with van der Waals surface area (Å²) in [6.07, 6.45) is 3.26. The number of nitrogens with zero attached hydrogens (tertiary/aromatic N) is 2. The summed E-state index contributed by atoms with van der Waals surface area (Å²) in [6.45, 7) is 1.37. The lowest BCUT2D eigenvalue weighted by atomic mass is 9.90. The molecule has 2 aliphatic rings. The minimum Gasteiger partial charge on any atom is -0.476 e. The normalized spacial score (nSPS) is 20.1. The highest BCUT2D eigenvalue weighted by Crippen LogP contribution is 2.35. The number of hydrogen-bond donors (Lipinski definition) is 0. The molecule has 0 unspecified atom stereocenters. The Labute approximate surface area is 172 Å². The molecule has 1 saturated heterocycles. The number of carbonyl (C=O) groups is 1. The van der Waals surface area contributed by atoms with Crippen LogP contribution in [-0.2, 0) is 21.2 Å². The maximum absolute atomic E-state index is 13.1. The first-order valence-corrected chi connectivity index (χ1v) is 11.8. The van der Waals surface area contributed by atoms with Gasteiger partial charge in [-0.3, -0.25) is 9.10 Å². The van der Waals surface area contributed by atoms with Crippen LogP contribution in [0.1, 0.15) is 18.4 Å². The van der Waals surface area contributed by atoms with Gasteiger partial charge < -0.3 is 9.64 Å². The van der Waals surface area contributed by atoms with Gasteiger partial charge in [-0.25, -0.2) is 8.42 Å². The van der Waals surface area contributed by atoms with Crippen molar-refractivity contribution < 1.29 is 17.9 Å². The quantitative estimate of drug-likeness (QED) is 0.772. The second-order valence-corrected chi connectivity index (χ2v) is 9.73. The summed E-state index contributed by atoms with van der Waals surface area (Å²) in [5.74, 6) is 0.856. The van der Waals surface area contributed by atoms with E-state index in [4.69, 9.17) is 4.74 Å². The molecule has 1 fully saturated rings. The van der Waals surface area contributed by atoms with Crippen molar-refractivity contribution in [2.45, 2.75) is 25.4 Å². The van der Waals surface area contributed by atoms with Crippen LogP contribution in [0.15, 0.2) is 54.6 Å². The zero-order valence-electron chi connectivity index (χ0n) is 16.5. The number of fused-ring (bicyclic) bond motifs is 1. The zero-order valence-corrected chi connectivity index (χ0v) is 17.3. The number of rotatable bonds is 4. The van der Waals surface area contributed by atoms with Gasteiger partial charge in [0.2, 0.25) is 10.0 Å². The molecule has 7 heteroatoms. The molecule has 0 N–H and O–H groups in total. The number of benzene rings is 2. The lowest BCUT2D eigenvalue weighted by molar-refractivity contribution is -0.139. The summed E-state index contributed by atoms with van der Waals surface area (Å²) in [7, 11) is -3.50. The van der Waals surface area contributed by atoms with Gasteiger partial charge in [0.15, 0.2) is 6.10 Å². The van der Waals surface area contributed by atoms with Crippen molar-refractivity contribution in [3.8, 4) is 5.75 Å². The van der Waals surface area contributed by atoms with Crippen LogP contribution in [0.5, 0.6) is 5.75 Å². The topological polar surface area (TPSA) is 66.9 Å². The second-order valence-electron chi connectivity index (χ2n) is 7.83. The van der Waals surface area contributed by atoms with E-state index >= 15 is 0 Å². The lowest BCUT2D eigenvalue weighted by Gasteiger charge is -2.38. The molecule has 6 nitrogen and oxygen atoms in total. The monoisotopic (exact) mass is 414 g/mol. The fraction of sp³-hybridized carbons (Fsp3) is 0.409. The van der Waals surface area contributed by atoms with E-state index in [1.807, 2.05) is 11.0 Å². The van der Waals surface area contributed by atoms with E-state index in [0.29, 0.717) is 30.4 Å². The predicted molar refractivity (Wildman–Crippen MR) is 112 cm³/mol. The molecule has 2 aliphatic heterocycles. The fourth-order valence-electron chi connectivity index (χ4n) is 4.15. The standard InChI is InChI=1S/C22H26N2O4S/c1-29(26,27)24-16-21(28-20-10-6-5-9-19(20)24)22(25)23-13-11-18(12-14-23)15-17-7-3-2-4-8-17/h2-10,18,21H,11-16H2,1H3/t21-/m1/s1. The predicted octanol–water partition coefficient (Wildman–Crippen LogP) is 2.69. The van der Waals surface area contributed by atoms with Crippen molar-refractivity contribution in [2.75, 3.05) is 30.2 Å². The van der Waals surface area contributed by atoms with E-state index < -0.39 is 16.1 Å². The number of anilines is 1. The molecular formula is C22H26N2O4S. The third kappa shape index (κ3) is 4.40. The van der Waals surface area contributed by atoms with Crippen LogP contribution in [0.2, 0.25) is 0 Å². The Morgan fingerprint density at radius 2 is 1.69 bits per heavy atom. The third-order valence-corrected chi connectivity index (χ3v) is 6.85. The van der Waals surface area contributed by atoms with Crippen molar-refractivity contribution in [1.29, 1.82) is 0 Å². The Hall–Kier alpha value is -2.54. The van der Waals surface area contributed by atoms with Crippen molar-refractivity contribution in [1.82, 2.24) is 4.90 Å². The highest BCUT2D eigenvalue weighted by molar-refractivity contribution is 7.92. The maximum Gasteiger partial charge on any atom is 0.265 e. The smallest absolute Gasteiger partial charge is 0.265 e. The molecule has 0 bridgehead atoms. The van der Waals surface area contributed by atoms with Crippen LogP contribution in [0, 0.1) is 5.92 Å². The van der Waals surface area contributed by atoms with Gasteiger partial charge in [0, 0.05) is 13.1 Å². The number of likely N-dealkylation sites (tertiary alicyclic amines) is 1. The van der Waals surface area contributed by atoms with Crippen LogP contribution >= 0.6 is 0 Å². The largest absolute Gasteiger partial charge is 0.476 e. The Kier molecular flexibility index (Phi) is 5.50. The molecule has 29 heavy (non-hydrogen) atoms. The number of ether oxygens (including phenoxy) is 1. The Morgan fingerprint density at radius 1 is 1.03 bits per heavy atom. The van der Waals surface area contributed by atoms with Gasteiger partial charge in [0.25, 0.3) is 5.91 Å². The summed E-state index contributed by atoms with van der Waals surface area (Å²) in [5, 5.41) is 0. The van der Waals surface area contributed by atoms with Crippen LogP contribution in [-0.4, -0.2) is 51.2 Å². The van der Waals surface area contributed by atoms with Gasteiger partial charge >= 0.3 is 0 Å². The van der Waals surface area contributed by atoms with E-state index in [0.717, 1.165) is 25.5 Å². The molecule has 1 amide bonds. The molecule has 2 aromatic rings. The summed E-state index contributed by atoms with van der Waals surface area (Å²) in [6, 6.07) is 17.4. The lowest BCUT2D eigenvalue weighted by Crippen LogP contribution is -2.53. The molecule has 1 atom stereocenters. The van der Waals surface area contributed by atoms with E-state index in [1.54, 1.807) is 24.3 Å². The van der Waals surface area contributed by atoms with Crippen LogP contribution < -0.4 is 9.04 Å². The number of sulfonamides is 1. The molecule has 0 saturated carbocycles. The number of hydrogen-bond acceptors (Lipinski definition) is 4. The average Bonchev–Trinajstić information content (AvgIpc) is 2.73. The summed E-state index contributed by atoms with van der Waals surface area (Å²) in [5.41, 5.74) is 1.81. The van der Waals surface area contributed by atoms with Crippen LogP contribution in [0.25, 0.3) is 0 Å². The number of carbonyl (C=O) groups excluding carboxylic acids is 1. The van der Waals surface area contributed by atoms with Gasteiger partial charge in [-0.2, -0.15) is 0 Å². The van der Waals surface area contributed by atoms with Gasteiger partial charge in [0.1, 0.15) is 5.75 Å². The van der Waals surface area contributed by atoms with E-state index in [-0.39, 0.29) is 12.5 Å². The van der Waals surface area contributed by atoms with Crippen molar-refractivity contribution in [2.24, 2.45) is 5.92 Å². The number of para-hydroxylation sites is 2. The zero-order chi connectivity index (χ0) is 20.4. The first kappa shape index (κ1) is 19.8. The Morgan fingerprint density at radius 3 is 2.38 bits per heavy atom. The molecule has 0 aliphatic carbocycles.